The lowest BCUT2D eigenvalue weighted by Gasteiger charge is -2.18. The van der Waals surface area contributed by atoms with Crippen LogP contribution in [0.1, 0.15) is 13.8 Å². The van der Waals surface area contributed by atoms with Gasteiger partial charge in [0.1, 0.15) is 18.1 Å². The summed E-state index contributed by atoms with van der Waals surface area (Å²) in [6.45, 7) is 4.66. The van der Waals surface area contributed by atoms with Crippen molar-refractivity contribution in [3.63, 3.8) is 0 Å². The number of aromatic nitrogens is 4. The number of nitrogens with zero attached hydrogens (tertiary/aromatic N) is 5. The molecule has 0 saturated heterocycles. The first-order valence-corrected chi connectivity index (χ1v) is 8.47. The van der Waals surface area contributed by atoms with Crippen LogP contribution < -0.4 is 5.56 Å². The number of hydrogen-bond acceptors (Lipinski definition) is 6. The van der Waals surface area contributed by atoms with E-state index in [0.29, 0.717) is 18.7 Å². The molecule has 0 N–H and O–H groups in total. The van der Waals surface area contributed by atoms with Crippen LogP contribution in [0, 0.1) is 5.82 Å². The van der Waals surface area contributed by atoms with Gasteiger partial charge < -0.3 is 9.42 Å². The zero-order valence-electron chi connectivity index (χ0n) is 14.9. The summed E-state index contributed by atoms with van der Waals surface area (Å²) < 4.78 is 19.3. The number of benzene rings is 1. The molecule has 0 aliphatic heterocycles. The van der Waals surface area contributed by atoms with E-state index in [1.165, 1.54) is 36.4 Å². The highest BCUT2D eigenvalue weighted by Crippen LogP contribution is 2.20. The maximum atomic E-state index is 13.0. The molecular weight excluding hydrogens is 353 g/mol. The predicted molar refractivity (Wildman–Crippen MR) is 95.1 cm³/mol. The van der Waals surface area contributed by atoms with Crippen LogP contribution in [-0.4, -0.2) is 43.8 Å². The summed E-state index contributed by atoms with van der Waals surface area (Å²) in [5.74, 6) is -0.208. The number of carbonyl (C=O) groups is 1. The molecule has 0 fully saturated rings. The van der Waals surface area contributed by atoms with E-state index in [9.17, 15) is 14.0 Å². The molecule has 27 heavy (non-hydrogen) atoms. The van der Waals surface area contributed by atoms with E-state index in [1.54, 1.807) is 4.90 Å². The second-order valence-electron chi connectivity index (χ2n) is 5.71. The smallest absolute Gasteiger partial charge is 0.278 e. The van der Waals surface area contributed by atoms with Gasteiger partial charge in [-0.2, -0.15) is 10.1 Å². The predicted octanol–water partition coefficient (Wildman–Crippen LogP) is 1.97. The fourth-order valence-corrected chi connectivity index (χ4v) is 2.52. The van der Waals surface area contributed by atoms with Crippen molar-refractivity contribution in [1.82, 2.24) is 24.8 Å². The van der Waals surface area contributed by atoms with E-state index in [1.807, 2.05) is 13.8 Å². The molecule has 0 radical (unpaired) electrons. The third-order valence-electron chi connectivity index (χ3n) is 4.02. The van der Waals surface area contributed by atoms with Gasteiger partial charge >= 0.3 is 0 Å². The normalized spacial score (nSPS) is 10.8. The van der Waals surface area contributed by atoms with Crippen molar-refractivity contribution in [1.29, 1.82) is 0 Å². The van der Waals surface area contributed by atoms with Crippen LogP contribution in [-0.2, 0) is 11.3 Å². The molecule has 0 bridgehead atoms. The third-order valence-corrected chi connectivity index (χ3v) is 4.02. The maximum absolute atomic E-state index is 13.0. The van der Waals surface area contributed by atoms with E-state index in [0.717, 1.165) is 4.68 Å². The molecular formula is C18H18FN5O3. The van der Waals surface area contributed by atoms with Crippen molar-refractivity contribution in [2.24, 2.45) is 0 Å². The van der Waals surface area contributed by atoms with Gasteiger partial charge in [0.25, 0.3) is 11.4 Å². The van der Waals surface area contributed by atoms with Crippen molar-refractivity contribution >= 4 is 5.91 Å². The molecule has 9 heteroatoms. The summed E-state index contributed by atoms with van der Waals surface area (Å²) in [5.41, 5.74) is 0.441. The van der Waals surface area contributed by atoms with E-state index in [2.05, 4.69) is 15.2 Å². The lowest BCUT2D eigenvalue weighted by atomic mass is 10.2. The Labute approximate surface area is 154 Å². The molecule has 0 aliphatic carbocycles. The van der Waals surface area contributed by atoms with Crippen molar-refractivity contribution in [2.75, 3.05) is 13.1 Å². The number of hydrogen-bond donors (Lipinski definition) is 0. The highest BCUT2D eigenvalue weighted by molar-refractivity contribution is 5.75. The Kier molecular flexibility index (Phi) is 5.39. The molecule has 2 aromatic heterocycles. The third kappa shape index (κ3) is 4.08. The molecule has 140 valence electrons. The number of amides is 1. The lowest BCUT2D eigenvalue weighted by Crippen LogP contribution is -2.37. The highest BCUT2D eigenvalue weighted by atomic mass is 19.1. The molecule has 1 aromatic carbocycles. The summed E-state index contributed by atoms with van der Waals surface area (Å²) in [6, 6.07) is 8.38. The fraction of sp³-hybridized carbons (Fsp3) is 0.278. The first-order valence-electron chi connectivity index (χ1n) is 8.47. The van der Waals surface area contributed by atoms with Crippen molar-refractivity contribution in [2.45, 2.75) is 20.4 Å². The number of carbonyl (C=O) groups excluding carboxylic acids is 1. The minimum atomic E-state index is -0.405. The minimum absolute atomic E-state index is 0.0957. The van der Waals surface area contributed by atoms with Crippen molar-refractivity contribution in [3.05, 3.63) is 52.6 Å². The van der Waals surface area contributed by atoms with Crippen LogP contribution in [0.25, 0.3) is 23.0 Å². The molecule has 0 atom stereocenters. The monoisotopic (exact) mass is 371 g/mol. The summed E-state index contributed by atoms with van der Waals surface area (Å²) in [7, 11) is 0. The first kappa shape index (κ1) is 18.4. The topological polar surface area (TPSA) is 94.1 Å². The van der Waals surface area contributed by atoms with Crippen molar-refractivity contribution in [3.8, 4) is 23.0 Å². The van der Waals surface area contributed by atoms with Gasteiger partial charge in [0, 0.05) is 24.7 Å². The number of rotatable bonds is 6. The van der Waals surface area contributed by atoms with E-state index < -0.39 is 5.56 Å². The summed E-state index contributed by atoms with van der Waals surface area (Å²) in [4.78, 5) is 30.1. The van der Waals surface area contributed by atoms with Crippen molar-refractivity contribution < 1.29 is 13.7 Å². The first-order chi connectivity index (χ1) is 13.0. The van der Waals surface area contributed by atoms with E-state index in [-0.39, 0.29) is 35.7 Å². The van der Waals surface area contributed by atoms with Gasteiger partial charge in [-0.05, 0) is 44.2 Å². The van der Waals surface area contributed by atoms with Crippen LogP contribution in [0.3, 0.4) is 0 Å². The number of halogens is 1. The summed E-state index contributed by atoms with van der Waals surface area (Å²) in [6.07, 6.45) is 0. The van der Waals surface area contributed by atoms with Gasteiger partial charge in [-0.3, -0.25) is 9.59 Å². The Balaban J connectivity index is 1.87. The molecule has 0 unspecified atom stereocenters. The van der Waals surface area contributed by atoms with Gasteiger partial charge in [0.2, 0.25) is 11.7 Å². The summed E-state index contributed by atoms with van der Waals surface area (Å²) >= 11 is 0. The standard InChI is InChI=1S/C18H18FN5O3/c1-3-23(4-2)16(26)11-24-15(25)10-9-14(21-24)18-20-17(22-27-18)12-5-7-13(19)8-6-12/h5-10H,3-4,11H2,1-2H3. The molecule has 2 heterocycles. The SMILES string of the molecule is CCN(CC)C(=O)Cn1nc(-c2nc(-c3ccc(F)cc3)no2)ccc1=O. The number of likely N-dealkylation sites (N-methyl/N-ethyl adjacent to an activating group) is 1. The highest BCUT2D eigenvalue weighted by Gasteiger charge is 2.16. The van der Waals surface area contributed by atoms with Crippen LogP contribution >= 0.6 is 0 Å². The molecule has 3 rings (SSSR count). The van der Waals surface area contributed by atoms with Crippen LogP contribution in [0.15, 0.2) is 45.7 Å². The average molecular weight is 371 g/mol. The van der Waals surface area contributed by atoms with E-state index in [4.69, 9.17) is 4.52 Å². The fourth-order valence-electron chi connectivity index (χ4n) is 2.52. The Bertz CT molecular complexity index is 993. The molecule has 1 amide bonds. The average Bonchev–Trinajstić information content (AvgIpc) is 3.15. The molecule has 0 saturated carbocycles. The van der Waals surface area contributed by atoms with Gasteiger partial charge in [-0.25, -0.2) is 9.07 Å². The second kappa shape index (κ2) is 7.90. The molecule has 0 spiro atoms. The molecule has 3 aromatic rings. The second-order valence-corrected chi connectivity index (χ2v) is 5.71. The zero-order valence-corrected chi connectivity index (χ0v) is 14.9. The van der Waals surface area contributed by atoms with Gasteiger partial charge in [0.15, 0.2) is 0 Å². The van der Waals surface area contributed by atoms with Gasteiger partial charge in [0.05, 0.1) is 0 Å². The Hall–Kier alpha value is -3.36. The maximum Gasteiger partial charge on any atom is 0.278 e. The lowest BCUT2D eigenvalue weighted by molar-refractivity contribution is -0.131. The zero-order chi connectivity index (χ0) is 19.4. The van der Waals surface area contributed by atoms with E-state index >= 15 is 0 Å². The van der Waals surface area contributed by atoms with Crippen LogP contribution in [0.4, 0.5) is 4.39 Å². The Morgan fingerprint density at radius 1 is 1.15 bits per heavy atom. The summed E-state index contributed by atoms with van der Waals surface area (Å²) in [5, 5.41) is 8.00. The molecule has 8 nitrogen and oxygen atoms in total. The van der Waals surface area contributed by atoms with Crippen LogP contribution in [0.2, 0.25) is 0 Å². The molecule has 0 aliphatic rings. The Morgan fingerprint density at radius 3 is 2.52 bits per heavy atom. The Morgan fingerprint density at radius 2 is 1.85 bits per heavy atom. The van der Waals surface area contributed by atoms with Gasteiger partial charge in [-0.1, -0.05) is 5.16 Å². The van der Waals surface area contributed by atoms with Gasteiger partial charge in [-0.15, -0.1) is 0 Å². The minimum Gasteiger partial charge on any atom is -0.342 e. The largest absolute Gasteiger partial charge is 0.342 e. The quantitative estimate of drug-likeness (QED) is 0.658. The van der Waals surface area contributed by atoms with Crippen LogP contribution in [0.5, 0.6) is 0 Å².